The van der Waals surface area contributed by atoms with Crippen LogP contribution in [-0.2, 0) is 6.42 Å². The number of likely N-dealkylation sites (N-methyl/N-ethyl adjacent to an activating group) is 1. The highest BCUT2D eigenvalue weighted by atomic mass is 79.9. The molecule has 1 aromatic carbocycles. The fourth-order valence-electron chi connectivity index (χ4n) is 1.29. The van der Waals surface area contributed by atoms with Crippen molar-refractivity contribution in [1.82, 2.24) is 5.32 Å². The molecule has 1 rings (SSSR count). The molecule has 0 saturated carbocycles. The summed E-state index contributed by atoms with van der Waals surface area (Å²) < 4.78 is 31.5. The lowest BCUT2D eigenvalue weighted by molar-refractivity contribution is 0.366. The van der Waals surface area contributed by atoms with E-state index < -0.39 is 11.6 Å². The zero-order valence-electron chi connectivity index (χ0n) is 8.53. The van der Waals surface area contributed by atoms with Gasteiger partial charge in [0, 0.05) is 0 Å². The Morgan fingerprint density at radius 1 is 1.40 bits per heavy atom. The summed E-state index contributed by atoms with van der Waals surface area (Å²) in [5.74, 6) is -1.89. The highest BCUT2D eigenvalue weighted by Crippen LogP contribution is 2.30. The lowest BCUT2D eigenvalue weighted by atomic mass is 10.1. The number of halogens is 3. The fraction of sp³-hybridized carbons (Fsp3) is 0.400. The minimum Gasteiger partial charge on any atom is -0.493 e. The maximum atomic E-state index is 13.4. The van der Waals surface area contributed by atoms with Gasteiger partial charge in [0.05, 0.1) is 11.6 Å². The molecule has 0 radical (unpaired) electrons. The van der Waals surface area contributed by atoms with Crippen molar-refractivity contribution in [3.05, 3.63) is 27.7 Å². The number of ether oxygens (including phenoxy) is 1. The van der Waals surface area contributed by atoms with Gasteiger partial charge >= 0.3 is 0 Å². The predicted molar refractivity (Wildman–Crippen MR) is 58.2 cm³/mol. The van der Waals surface area contributed by atoms with E-state index in [9.17, 15) is 8.78 Å². The summed E-state index contributed by atoms with van der Waals surface area (Å²) in [7, 11) is 3.12. The highest BCUT2D eigenvalue weighted by Gasteiger charge is 2.17. The molecular formula is C10H12BrF2NO. The maximum Gasteiger partial charge on any atom is 0.202 e. The first kappa shape index (κ1) is 12.4. The largest absolute Gasteiger partial charge is 0.493 e. The molecule has 0 atom stereocenters. The summed E-state index contributed by atoms with van der Waals surface area (Å²) in [4.78, 5) is 0. The van der Waals surface area contributed by atoms with Gasteiger partial charge in [-0.1, -0.05) is 0 Å². The van der Waals surface area contributed by atoms with Crippen LogP contribution in [0.2, 0.25) is 0 Å². The molecular weight excluding hydrogens is 268 g/mol. The van der Waals surface area contributed by atoms with Gasteiger partial charge in [-0.05, 0) is 47.6 Å². The standard InChI is InChI=1S/C10H12BrF2NO/c1-14-4-3-6-5-7(11)8(12)9(13)10(6)15-2/h5,14H,3-4H2,1-2H3. The molecule has 0 spiro atoms. The summed E-state index contributed by atoms with van der Waals surface area (Å²) in [5, 5.41) is 2.93. The van der Waals surface area contributed by atoms with Crippen molar-refractivity contribution in [2.75, 3.05) is 20.7 Å². The summed E-state index contributed by atoms with van der Waals surface area (Å²) in [6.07, 6.45) is 0.579. The predicted octanol–water partition coefficient (Wildman–Crippen LogP) is 2.50. The molecule has 0 saturated heterocycles. The van der Waals surface area contributed by atoms with E-state index in [0.29, 0.717) is 18.5 Å². The Kier molecular flexibility index (Phi) is 4.47. The van der Waals surface area contributed by atoms with Crippen LogP contribution < -0.4 is 10.1 Å². The normalized spacial score (nSPS) is 10.5. The van der Waals surface area contributed by atoms with E-state index in [1.807, 2.05) is 0 Å². The summed E-state index contributed by atoms with van der Waals surface area (Å²) in [5.41, 5.74) is 0.637. The lowest BCUT2D eigenvalue weighted by Gasteiger charge is -2.11. The van der Waals surface area contributed by atoms with Crippen LogP contribution in [0.25, 0.3) is 0 Å². The van der Waals surface area contributed by atoms with Crippen molar-refractivity contribution in [3.8, 4) is 5.75 Å². The number of benzene rings is 1. The average Bonchev–Trinajstić information content (AvgIpc) is 2.23. The number of hydrogen-bond donors (Lipinski definition) is 1. The van der Waals surface area contributed by atoms with Crippen LogP contribution in [0, 0.1) is 11.6 Å². The topological polar surface area (TPSA) is 21.3 Å². The summed E-state index contributed by atoms with van der Waals surface area (Å²) in [6, 6.07) is 1.54. The van der Waals surface area contributed by atoms with Crippen molar-refractivity contribution in [1.29, 1.82) is 0 Å². The molecule has 1 N–H and O–H groups in total. The second kappa shape index (κ2) is 5.42. The minimum atomic E-state index is -0.946. The Labute approximate surface area is 95.8 Å². The smallest absolute Gasteiger partial charge is 0.202 e. The van der Waals surface area contributed by atoms with Crippen LogP contribution in [0.5, 0.6) is 5.75 Å². The molecule has 0 fully saturated rings. The molecule has 2 nitrogen and oxygen atoms in total. The van der Waals surface area contributed by atoms with Gasteiger partial charge in [-0.2, -0.15) is 4.39 Å². The van der Waals surface area contributed by atoms with Crippen LogP contribution in [0.15, 0.2) is 10.5 Å². The van der Waals surface area contributed by atoms with E-state index in [-0.39, 0.29) is 10.2 Å². The number of rotatable bonds is 4. The second-order valence-electron chi connectivity index (χ2n) is 3.03. The molecule has 0 bridgehead atoms. The third kappa shape index (κ3) is 2.66. The van der Waals surface area contributed by atoms with E-state index in [4.69, 9.17) is 4.74 Å². The zero-order valence-corrected chi connectivity index (χ0v) is 10.1. The van der Waals surface area contributed by atoms with Crippen LogP contribution in [-0.4, -0.2) is 20.7 Å². The van der Waals surface area contributed by atoms with Gasteiger partial charge in [0.25, 0.3) is 0 Å². The third-order valence-corrected chi connectivity index (χ3v) is 2.62. The Morgan fingerprint density at radius 2 is 2.07 bits per heavy atom. The van der Waals surface area contributed by atoms with Gasteiger partial charge in [-0.15, -0.1) is 0 Å². The van der Waals surface area contributed by atoms with Crippen molar-refractivity contribution in [2.45, 2.75) is 6.42 Å². The molecule has 0 aliphatic carbocycles. The van der Waals surface area contributed by atoms with E-state index >= 15 is 0 Å². The van der Waals surface area contributed by atoms with E-state index in [1.54, 1.807) is 7.05 Å². The Hall–Kier alpha value is -0.680. The molecule has 5 heteroatoms. The molecule has 0 aliphatic rings. The second-order valence-corrected chi connectivity index (χ2v) is 3.89. The number of methoxy groups -OCH3 is 1. The zero-order chi connectivity index (χ0) is 11.4. The van der Waals surface area contributed by atoms with Gasteiger partial charge in [0.1, 0.15) is 0 Å². The monoisotopic (exact) mass is 279 g/mol. The summed E-state index contributed by atoms with van der Waals surface area (Å²) >= 11 is 2.96. The van der Waals surface area contributed by atoms with E-state index in [1.165, 1.54) is 13.2 Å². The third-order valence-electron chi connectivity index (χ3n) is 2.04. The average molecular weight is 280 g/mol. The van der Waals surface area contributed by atoms with Crippen molar-refractivity contribution in [2.24, 2.45) is 0 Å². The molecule has 0 amide bonds. The minimum absolute atomic E-state index is 0.0223. The summed E-state index contributed by atoms with van der Waals surface area (Å²) in [6.45, 7) is 0.674. The first-order valence-electron chi connectivity index (χ1n) is 4.46. The Morgan fingerprint density at radius 3 is 2.60 bits per heavy atom. The molecule has 0 heterocycles. The van der Waals surface area contributed by atoms with Crippen molar-refractivity contribution >= 4 is 15.9 Å². The lowest BCUT2D eigenvalue weighted by Crippen LogP contribution is -2.11. The quantitative estimate of drug-likeness (QED) is 0.856. The first-order chi connectivity index (χ1) is 7.11. The molecule has 0 unspecified atom stereocenters. The molecule has 1 aromatic rings. The number of nitrogens with one attached hydrogen (secondary N) is 1. The maximum absolute atomic E-state index is 13.4. The van der Waals surface area contributed by atoms with Crippen LogP contribution in [0.1, 0.15) is 5.56 Å². The van der Waals surface area contributed by atoms with Crippen LogP contribution in [0.4, 0.5) is 8.78 Å². The molecule has 84 valence electrons. The van der Waals surface area contributed by atoms with Gasteiger partial charge in [0.15, 0.2) is 11.6 Å². The van der Waals surface area contributed by atoms with Gasteiger partial charge < -0.3 is 10.1 Å². The number of hydrogen-bond acceptors (Lipinski definition) is 2. The highest BCUT2D eigenvalue weighted by molar-refractivity contribution is 9.10. The van der Waals surface area contributed by atoms with Gasteiger partial charge in [0.2, 0.25) is 5.82 Å². The van der Waals surface area contributed by atoms with Gasteiger partial charge in [-0.3, -0.25) is 0 Å². The molecule has 0 aromatic heterocycles. The first-order valence-corrected chi connectivity index (χ1v) is 5.26. The molecule has 0 aliphatic heterocycles. The SMILES string of the molecule is CNCCc1cc(Br)c(F)c(F)c1OC. The van der Waals surface area contributed by atoms with E-state index in [2.05, 4.69) is 21.2 Å². The Balaban J connectivity index is 3.13. The van der Waals surface area contributed by atoms with Crippen molar-refractivity contribution in [3.63, 3.8) is 0 Å². The van der Waals surface area contributed by atoms with Gasteiger partial charge in [-0.25, -0.2) is 4.39 Å². The molecule has 15 heavy (non-hydrogen) atoms. The Bertz CT molecular complexity index is 358. The van der Waals surface area contributed by atoms with E-state index in [0.717, 1.165) is 0 Å². The fourth-order valence-corrected chi connectivity index (χ4v) is 1.74. The van der Waals surface area contributed by atoms with Crippen molar-refractivity contribution < 1.29 is 13.5 Å². The van der Waals surface area contributed by atoms with Crippen LogP contribution >= 0.6 is 15.9 Å². The van der Waals surface area contributed by atoms with Crippen LogP contribution in [0.3, 0.4) is 0 Å².